The quantitative estimate of drug-likeness (QED) is 0.826. The molecule has 4 nitrogen and oxygen atoms in total. The topological polar surface area (TPSA) is 57.6 Å². The maximum atomic E-state index is 12.8. The van der Waals surface area contributed by atoms with E-state index < -0.39 is 20.9 Å². The minimum absolute atomic E-state index is 0.132. The zero-order valence-electron chi connectivity index (χ0n) is 13.3. The minimum Gasteiger partial charge on any atom is -0.392 e. The summed E-state index contributed by atoms with van der Waals surface area (Å²) in [5.74, 6) is 0. The normalized spacial score (nSPS) is 19.9. The average Bonchev–Trinajstić information content (AvgIpc) is 3.18. The molecule has 1 aliphatic carbocycles. The fraction of sp³-hybridized carbons (Fsp3) is 0.625. The molecule has 0 aromatic heterocycles. The van der Waals surface area contributed by atoms with Crippen LogP contribution in [0.2, 0.25) is 5.02 Å². The van der Waals surface area contributed by atoms with Crippen molar-refractivity contribution in [3.05, 3.63) is 34.9 Å². The van der Waals surface area contributed by atoms with E-state index in [0.717, 1.165) is 5.56 Å². The number of hydrogen-bond acceptors (Lipinski definition) is 3. The minimum atomic E-state index is -3.40. The van der Waals surface area contributed by atoms with Crippen molar-refractivity contribution >= 4 is 21.6 Å². The number of hydrogen-bond donors (Lipinski definition) is 1. The van der Waals surface area contributed by atoms with E-state index >= 15 is 0 Å². The third-order valence-corrected chi connectivity index (χ3v) is 7.30. The smallest absolute Gasteiger partial charge is 0.219 e. The summed E-state index contributed by atoms with van der Waals surface area (Å²) in [6.07, 6.45) is 1.29. The Hall–Kier alpha value is -0.620. The highest BCUT2D eigenvalue weighted by Gasteiger charge is 2.53. The summed E-state index contributed by atoms with van der Waals surface area (Å²) in [7, 11) is -3.40. The molecule has 0 amide bonds. The Morgan fingerprint density at radius 1 is 1.27 bits per heavy atom. The van der Waals surface area contributed by atoms with Crippen molar-refractivity contribution in [1.82, 2.24) is 4.31 Å². The standard InChI is InChI=1S/C16H24ClNO3S/c1-12(10-14-4-6-15(17)7-5-14)18(11-13(2)19)22(20,21)16(3)8-9-16/h4-7,12-13,19H,8-11H2,1-3H3/t12?,13-/m1/s1. The Kier molecular flexibility index (Phi) is 5.22. The molecule has 0 bridgehead atoms. The highest BCUT2D eigenvalue weighted by molar-refractivity contribution is 7.90. The van der Waals surface area contributed by atoms with Crippen molar-refractivity contribution in [2.75, 3.05) is 6.54 Å². The summed E-state index contributed by atoms with van der Waals surface area (Å²) in [6, 6.07) is 7.21. The van der Waals surface area contributed by atoms with E-state index in [0.29, 0.717) is 24.3 Å². The van der Waals surface area contributed by atoms with Crippen LogP contribution in [0.3, 0.4) is 0 Å². The molecule has 22 heavy (non-hydrogen) atoms. The third-order valence-electron chi connectivity index (χ3n) is 4.27. The molecule has 1 fully saturated rings. The zero-order valence-corrected chi connectivity index (χ0v) is 14.9. The van der Waals surface area contributed by atoms with Crippen LogP contribution in [0.25, 0.3) is 0 Å². The third kappa shape index (κ3) is 3.82. The van der Waals surface area contributed by atoms with Gasteiger partial charge in [-0.1, -0.05) is 23.7 Å². The molecule has 1 aromatic rings. The molecular weight excluding hydrogens is 322 g/mol. The molecule has 0 aliphatic heterocycles. The molecule has 1 aromatic carbocycles. The summed E-state index contributed by atoms with van der Waals surface area (Å²) in [5.41, 5.74) is 1.03. The molecule has 2 rings (SSSR count). The molecule has 0 heterocycles. The number of aliphatic hydroxyl groups is 1. The lowest BCUT2D eigenvalue weighted by atomic mass is 10.1. The van der Waals surface area contributed by atoms with E-state index in [2.05, 4.69) is 0 Å². The van der Waals surface area contributed by atoms with Crippen LogP contribution in [-0.4, -0.2) is 41.3 Å². The Labute approximate surface area is 138 Å². The molecule has 0 spiro atoms. The van der Waals surface area contributed by atoms with Gasteiger partial charge in [-0.25, -0.2) is 8.42 Å². The van der Waals surface area contributed by atoms with Crippen LogP contribution in [0.15, 0.2) is 24.3 Å². The van der Waals surface area contributed by atoms with E-state index in [1.54, 1.807) is 26.0 Å². The van der Waals surface area contributed by atoms with Gasteiger partial charge in [0.1, 0.15) is 0 Å². The second kappa shape index (κ2) is 6.48. The predicted molar refractivity (Wildman–Crippen MR) is 89.6 cm³/mol. The molecule has 1 N–H and O–H groups in total. The first-order valence-electron chi connectivity index (χ1n) is 7.59. The van der Waals surface area contributed by atoms with Gasteiger partial charge in [0.15, 0.2) is 0 Å². The van der Waals surface area contributed by atoms with E-state index in [4.69, 9.17) is 11.6 Å². The highest BCUT2D eigenvalue weighted by Crippen LogP contribution is 2.45. The number of aliphatic hydroxyl groups excluding tert-OH is 1. The van der Waals surface area contributed by atoms with Crippen LogP contribution < -0.4 is 0 Å². The van der Waals surface area contributed by atoms with Gasteiger partial charge in [-0.05, 0) is 57.7 Å². The lowest BCUT2D eigenvalue weighted by Gasteiger charge is -2.32. The van der Waals surface area contributed by atoms with Crippen LogP contribution in [0.4, 0.5) is 0 Å². The largest absolute Gasteiger partial charge is 0.392 e. The van der Waals surface area contributed by atoms with Crippen LogP contribution in [0.5, 0.6) is 0 Å². The molecule has 124 valence electrons. The lowest BCUT2D eigenvalue weighted by Crippen LogP contribution is -2.47. The number of sulfonamides is 1. The van der Waals surface area contributed by atoms with Crippen molar-refractivity contribution in [1.29, 1.82) is 0 Å². The van der Waals surface area contributed by atoms with Crippen molar-refractivity contribution in [3.8, 4) is 0 Å². The Bertz CT molecular complexity index is 609. The van der Waals surface area contributed by atoms with Gasteiger partial charge in [0.25, 0.3) is 0 Å². The Balaban J connectivity index is 2.19. The molecule has 1 saturated carbocycles. The Morgan fingerprint density at radius 3 is 2.27 bits per heavy atom. The van der Waals surface area contributed by atoms with E-state index in [-0.39, 0.29) is 12.6 Å². The molecule has 2 atom stereocenters. The highest BCUT2D eigenvalue weighted by atomic mass is 35.5. The summed E-state index contributed by atoms with van der Waals surface area (Å²) in [4.78, 5) is 0. The summed E-state index contributed by atoms with van der Waals surface area (Å²) >= 11 is 5.88. The van der Waals surface area contributed by atoms with Gasteiger partial charge in [0, 0.05) is 17.6 Å². The Morgan fingerprint density at radius 2 is 1.82 bits per heavy atom. The van der Waals surface area contributed by atoms with Gasteiger partial charge >= 0.3 is 0 Å². The van der Waals surface area contributed by atoms with Gasteiger partial charge in [-0.3, -0.25) is 0 Å². The van der Waals surface area contributed by atoms with Crippen molar-refractivity contribution < 1.29 is 13.5 Å². The molecule has 1 unspecified atom stereocenters. The fourth-order valence-electron chi connectivity index (χ4n) is 2.56. The fourth-order valence-corrected chi connectivity index (χ4v) is 4.83. The SMILES string of the molecule is CC(Cc1ccc(Cl)cc1)N(C[C@@H](C)O)S(=O)(=O)C1(C)CC1. The van der Waals surface area contributed by atoms with Crippen LogP contribution >= 0.6 is 11.6 Å². The summed E-state index contributed by atoms with van der Waals surface area (Å²) in [6.45, 7) is 5.42. The predicted octanol–water partition coefficient (Wildman–Crippen LogP) is 2.84. The van der Waals surface area contributed by atoms with Crippen molar-refractivity contribution in [2.45, 2.75) is 56.9 Å². The van der Waals surface area contributed by atoms with Gasteiger partial charge in [-0.15, -0.1) is 0 Å². The number of halogens is 1. The maximum absolute atomic E-state index is 12.8. The number of benzene rings is 1. The molecule has 1 aliphatic rings. The van der Waals surface area contributed by atoms with Crippen LogP contribution in [-0.2, 0) is 16.4 Å². The monoisotopic (exact) mass is 345 g/mol. The van der Waals surface area contributed by atoms with Crippen molar-refractivity contribution in [3.63, 3.8) is 0 Å². The van der Waals surface area contributed by atoms with E-state index in [9.17, 15) is 13.5 Å². The van der Waals surface area contributed by atoms with Crippen molar-refractivity contribution in [2.24, 2.45) is 0 Å². The first kappa shape index (κ1) is 17.7. The van der Waals surface area contributed by atoms with Gasteiger partial charge in [0.2, 0.25) is 10.0 Å². The van der Waals surface area contributed by atoms with Gasteiger partial charge in [-0.2, -0.15) is 4.31 Å². The van der Waals surface area contributed by atoms with Gasteiger partial charge in [0.05, 0.1) is 10.9 Å². The second-order valence-electron chi connectivity index (χ2n) is 6.55. The van der Waals surface area contributed by atoms with Crippen LogP contribution in [0, 0.1) is 0 Å². The molecule has 0 saturated heterocycles. The summed E-state index contributed by atoms with van der Waals surface area (Å²) < 4.78 is 26.5. The number of rotatable bonds is 7. The molecule has 6 heteroatoms. The molecule has 0 radical (unpaired) electrons. The van der Waals surface area contributed by atoms with Crippen LogP contribution in [0.1, 0.15) is 39.2 Å². The number of nitrogens with zero attached hydrogens (tertiary/aromatic N) is 1. The first-order valence-corrected chi connectivity index (χ1v) is 9.41. The van der Waals surface area contributed by atoms with E-state index in [1.165, 1.54) is 4.31 Å². The zero-order chi connectivity index (χ0) is 16.5. The molecular formula is C16H24ClNO3S. The second-order valence-corrected chi connectivity index (χ2v) is 9.39. The maximum Gasteiger partial charge on any atom is 0.219 e. The lowest BCUT2D eigenvalue weighted by molar-refractivity contribution is 0.149. The summed E-state index contributed by atoms with van der Waals surface area (Å²) in [5, 5.41) is 10.4. The average molecular weight is 346 g/mol. The van der Waals surface area contributed by atoms with E-state index in [1.807, 2.05) is 19.1 Å². The van der Waals surface area contributed by atoms with Gasteiger partial charge < -0.3 is 5.11 Å². The first-order chi connectivity index (χ1) is 10.2.